The third kappa shape index (κ3) is 2.45. The SMILES string of the molecule is O=C(CBr)c1ccc(CN2C(=O)c3ccccc3C2=O)s1. The van der Waals surface area contributed by atoms with Gasteiger partial charge in [0.25, 0.3) is 11.8 Å². The molecule has 2 aromatic rings. The molecule has 2 heterocycles. The van der Waals surface area contributed by atoms with E-state index in [0.717, 1.165) is 4.88 Å². The zero-order valence-electron chi connectivity index (χ0n) is 10.8. The molecule has 0 unspecified atom stereocenters. The average Bonchev–Trinajstić information content (AvgIpc) is 3.07. The number of fused-ring (bicyclic) bond motifs is 1. The number of amides is 2. The molecule has 4 nitrogen and oxygen atoms in total. The van der Waals surface area contributed by atoms with Crippen molar-refractivity contribution < 1.29 is 14.4 Å². The Morgan fingerprint density at radius 2 is 1.67 bits per heavy atom. The molecule has 1 aromatic carbocycles. The maximum absolute atomic E-state index is 12.2. The number of thiophene rings is 1. The highest BCUT2D eigenvalue weighted by Gasteiger charge is 2.35. The summed E-state index contributed by atoms with van der Waals surface area (Å²) < 4.78 is 0. The van der Waals surface area contributed by atoms with Gasteiger partial charge in [-0.1, -0.05) is 28.1 Å². The number of rotatable bonds is 4. The molecule has 0 N–H and O–H groups in total. The lowest BCUT2D eigenvalue weighted by Gasteiger charge is -2.11. The minimum atomic E-state index is -0.280. The number of hydrogen-bond acceptors (Lipinski definition) is 4. The van der Waals surface area contributed by atoms with Crippen LogP contribution in [0.4, 0.5) is 0 Å². The van der Waals surface area contributed by atoms with E-state index in [9.17, 15) is 14.4 Å². The number of benzene rings is 1. The molecule has 0 radical (unpaired) electrons. The third-order valence-corrected chi connectivity index (χ3v) is 4.87. The van der Waals surface area contributed by atoms with Gasteiger partial charge in [0.2, 0.25) is 0 Å². The molecule has 106 valence electrons. The fourth-order valence-corrected chi connectivity index (χ4v) is 3.64. The molecule has 0 aliphatic carbocycles. The summed E-state index contributed by atoms with van der Waals surface area (Å²) in [5.74, 6) is -0.566. The second kappa shape index (κ2) is 5.54. The first-order chi connectivity index (χ1) is 10.1. The molecule has 6 heteroatoms. The zero-order chi connectivity index (χ0) is 15.0. The molecule has 1 aliphatic heterocycles. The minimum Gasteiger partial charge on any atom is -0.292 e. The van der Waals surface area contributed by atoms with Crippen molar-refractivity contribution in [3.05, 3.63) is 57.3 Å². The number of halogens is 1. The molecule has 0 bridgehead atoms. The van der Waals surface area contributed by atoms with Gasteiger partial charge in [-0.15, -0.1) is 11.3 Å². The number of ketones is 1. The molecule has 0 spiro atoms. The van der Waals surface area contributed by atoms with Crippen LogP contribution in [0.1, 0.15) is 35.3 Å². The van der Waals surface area contributed by atoms with Crippen LogP contribution in [0, 0.1) is 0 Å². The van der Waals surface area contributed by atoms with Crippen LogP contribution in [0.3, 0.4) is 0 Å². The fourth-order valence-electron chi connectivity index (χ4n) is 2.22. The summed E-state index contributed by atoms with van der Waals surface area (Å²) in [6, 6.07) is 10.3. The van der Waals surface area contributed by atoms with Crippen molar-refractivity contribution in [2.45, 2.75) is 6.54 Å². The highest BCUT2D eigenvalue weighted by molar-refractivity contribution is 9.09. The smallest absolute Gasteiger partial charge is 0.261 e. The summed E-state index contributed by atoms with van der Waals surface area (Å²) in [5, 5.41) is 0.264. The van der Waals surface area contributed by atoms with E-state index < -0.39 is 0 Å². The van der Waals surface area contributed by atoms with Crippen LogP contribution in [0.15, 0.2) is 36.4 Å². The predicted octanol–water partition coefficient (Wildman–Crippen LogP) is 3.12. The van der Waals surface area contributed by atoms with Crippen LogP contribution in [0.2, 0.25) is 0 Å². The first kappa shape index (κ1) is 14.2. The molecule has 3 rings (SSSR count). The fraction of sp³-hybridized carbons (Fsp3) is 0.133. The van der Waals surface area contributed by atoms with E-state index in [0.29, 0.717) is 16.0 Å². The van der Waals surface area contributed by atoms with E-state index in [4.69, 9.17) is 0 Å². The van der Waals surface area contributed by atoms with Gasteiger partial charge in [0.05, 0.1) is 27.9 Å². The van der Waals surface area contributed by atoms with Crippen molar-refractivity contribution in [2.24, 2.45) is 0 Å². The molecule has 21 heavy (non-hydrogen) atoms. The molecule has 0 atom stereocenters. The molecule has 0 saturated carbocycles. The summed E-state index contributed by atoms with van der Waals surface area (Å²) in [4.78, 5) is 38.7. The summed E-state index contributed by atoms with van der Waals surface area (Å²) in [7, 11) is 0. The molecule has 2 amide bonds. The molecule has 1 aromatic heterocycles. The van der Waals surface area contributed by atoms with E-state index in [-0.39, 0.29) is 29.5 Å². The van der Waals surface area contributed by atoms with Crippen LogP contribution >= 0.6 is 27.3 Å². The Hall–Kier alpha value is -1.79. The van der Waals surface area contributed by atoms with E-state index in [1.54, 1.807) is 36.4 Å². The van der Waals surface area contributed by atoms with Crippen molar-refractivity contribution in [3.8, 4) is 0 Å². The van der Waals surface area contributed by atoms with E-state index in [2.05, 4.69) is 15.9 Å². The minimum absolute atomic E-state index is 0.00592. The number of nitrogens with zero attached hydrogens (tertiary/aromatic N) is 1. The second-order valence-electron chi connectivity index (χ2n) is 4.56. The Kier molecular flexibility index (Phi) is 3.73. The predicted molar refractivity (Wildman–Crippen MR) is 83.1 cm³/mol. The van der Waals surface area contributed by atoms with Gasteiger partial charge in [0.15, 0.2) is 5.78 Å². The van der Waals surface area contributed by atoms with Gasteiger partial charge in [-0.2, -0.15) is 0 Å². The van der Waals surface area contributed by atoms with E-state index in [1.165, 1.54) is 16.2 Å². The van der Waals surface area contributed by atoms with Gasteiger partial charge in [-0.05, 0) is 24.3 Å². The van der Waals surface area contributed by atoms with Crippen molar-refractivity contribution in [1.29, 1.82) is 0 Å². The topological polar surface area (TPSA) is 54.5 Å². The average molecular weight is 364 g/mol. The van der Waals surface area contributed by atoms with Gasteiger partial charge < -0.3 is 0 Å². The Morgan fingerprint density at radius 1 is 1.05 bits per heavy atom. The van der Waals surface area contributed by atoms with Crippen LogP contribution < -0.4 is 0 Å². The maximum Gasteiger partial charge on any atom is 0.261 e. The lowest BCUT2D eigenvalue weighted by Crippen LogP contribution is -2.28. The van der Waals surface area contributed by atoms with Crippen LogP contribution in [0.5, 0.6) is 0 Å². The summed E-state index contributed by atoms with van der Waals surface area (Å²) >= 11 is 4.44. The Balaban J connectivity index is 1.84. The highest BCUT2D eigenvalue weighted by Crippen LogP contribution is 2.26. The van der Waals surface area contributed by atoms with Gasteiger partial charge in [0.1, 0.15) is 0 Å². The van der Waals surface area contributed by atoms with Gasteiger partial charge in [-0.3, -0.25) is 19.3 Å². The first-order valence-electron chi connectivity index (χ1n) is 6.25. The molecular weight excluding hydrogens is 354 g/mol. The quantitative estimate of drug-likeness (QED) is 0.476. The normalized spacial score (nSPS) is 13.7. The Labute approximate surface area is 133 Å². The van der Waals surface area contributed by atoms with Crippen LogP contribution in [-0.2, 0) is 6.54 Å². The zero-order valence-corrected chi connectivity index (χ0v) is 13.2. The number of imide groups is 1. The van der Waals surface area contributed by atoms with Crippen molar-refractivity contribution in [1.82, 2.24) is 4.90 Å². The number of carbonyl (C=O) groups is 3. The number of carbonyl (C=O) groups excluding carboxylic acids is 3. The molecule has 0 saturated heterocycles. The van der Waals surface area contributed by atoms with Crippen LogP contribution in [0.25, 0.3) is 0 Å². The number of Topliss-reactive ketones (excluding diaryl/α,β-unsaturated/α-hetero) is 1. The highest BCUT2D eigenvalue weighted by atomic mass is 79.9. The maximum atomic E-state index is 12.2. The molecule has 0 fully saturated rings. The number of hydrogen-bond donors (Lipinski definition) is 0. The molecular formula is C15H10BrNO3S. The summed E-state index contributed by atoms with van der Waals surface area (Å²) in [6.07, 6.45) is 0. The van der Waals surface area contributed by atoms with Gasteiger partial charge in [-0.25, -0.2) is 0 Å². The van der Waals surface area contributed by atoms with Crippen molar-refractivity contribution in [2.75, 3.05) is 5.33 Å². The van der Waals surface area contributed by atoms with E-state index in [1.807, 2.05) is 0 Å². The van der Waals surface area contributed by atoms with Crippen molar-refractivity contribution in [3.63, 3.8) is 0 Å². The lowest BCUT2D eigenvalue weighted by atomic mass is 10.1. The Morgan fingerprint density at radius 3 is 2.24 bits per heavy atom. The van der Waals surface area contributed by atoms with Gasteiger partial charge >= 0.3 is 0 Å². The standard InChI is InChI=1S/C15H10BrNO3S/c16-7-12(18)13-6-5-9(21-13)8-17-14(19)10-3-1-2-4-11(10)15(17)20/h1-6H,7-8H2. The second-order valence-corrected chi connectivity index (χ2v) is 6.29. The largest absolute Gasteiger partial charge is 0.292 e. The van der Waals surface area contributed by atoms with Crippen LogP contribution in [-0.4, -0.2) is 27.8 Å². The summed E-state index contributed by atoms with van der Waals surface area (Å²) in [5.41, 5.74) is 0.881. The Bertz CT molecular complexity index is 718. The summed E-state index contributed by atoms with van der Waals surface area (Å²) in [6.45, 7) is 0.201. The van der Waals surface area contributed by atoms with E-state index >= 15 is 0 Å². The lowest BCUT2D eigenvalue weighted by molar-refractivity contribution is 0.0643. The van der Waals surface area contributed by atoms with Crippen molar-refractivity contribution >= 4 is 44.9 Å². The molecule has 1 aliphatic rings. The van der Waals surface area contributed by atoms with Gasteiger partial charge in [0, 0.05) is 4.88 Å². The number of alkyl halides is 1. The monoisotopic (exact) mass is 363 g/mol. The third-order valence-electron chi connectivity index (χ3n) is 3.25. The first-order valence-corrected chi connectivity index (χ1v) is 8.18.